The fraction of sp³-hybridized carbons (Fsp3) is 0. The quantitative estimate of drug-likeness (QED) is 0.313. The van der Waals surface area contributed by atoms with Crippen LogP contribution in [0.4, 0.5) is 0 Å². The maximum Gasteiger partial charge on any atom is 3.00 e. The van der Waals surface area contributed by atoms with Crippen molar-refractivity contribution in [3.63, 3.8) is 0 Å². The predicted octanol–water partition coefficient (Wildman–Crippen LogP) is -1.66. The fourth-order valence-electron chi connectivity index (χ4n) is 0. The van der Waals surface area contributed by atoms with Gasteiger partial charge >= 0.3 is 34.7 Å². The minimum atomic E-state index is -0.250. The number of carboxylic acid groups (broad SMARTS) is 3. The molecule has 0 aromatic carbocycles. The van der Waals surface area contributed by atoms with E-state index in [-0.39, 0.29) is 54.1 Å². The Labute approximate surface area is 84.1 Å². The van der Waals surface area contributed by atoms with E-state index < -0.39 is 0 Å². The Morgan fingerprint density at radius 1 is 0.636 bits per heavy atom. The van der Waals surface area contributed by atoms with Gasteiger partial charge in [-0.2, -0.15) is 0 Å². The van der Waals surface area contributed by atoms with Gasteiger partial charge in [-0.3, -0.25) is 14.4 Å². The van der Waals surface area contributed by atoms with E-state index in [0.29, 0.717) is 0 Å². The molecule has 11 heavy (non-hydrogen) atoms. The second kappa shape index (κ2) is 111. The molecule has 0 aliphatic carbocycles. The van der Waals surface area contributed by atoms with Crippen molar-refractivity contribution in [1.29, 1.82) is 0 Å². The first kappa shape index (κ1) is 31.4. The maximum atomic E-state index is 8.36. The van der Waals surface area contributed by atoms with Gasteiger partial charge in [0.2, 0.25) is 0 Å². The van der Waals surface area contributed by atoms with Crippen LogP contribution in [0.25, 0.3) is 0 Å². The molecular weight excluding hydrogens is 186 g/mol. The zero-order valence-electron chi connectivity index (χ0n) is 5.45. The summed E-state index contributed by atoms with van der Waals surface area (Å²) in [5, 5.41) is 20.7. The molecule has 0 amide bonds. The van der Waals surface area contributed by atoms with Gasteiger partial charge in [0.15, 0.2) is 0 Å². The van der Waals surface area contributed by atoms with Gasteiger partial charge in [0, 0.05) is 0 Å². The second-order valence-corrected chi connectivity index (χ2v) is 0.316. The first-order chi connectivity index (χ1) is 4.24. The van der Waals surface area contributed by atoms with Gasteiger partial charge in [-0.15, -0.1) is 0 Å². The van der Waals surface area contributed by atoms with Crippen LogP contribution in [0.15, 0.2) is 0 Å². The molecule has 0 unspecified atom stereocenters. The molecule has 0 saturated heterocycles. The Kier molecular flexibility index (Phi) is 317. The third-order valence-electron chi connectivity index (χ3n) is 0. The minimum absolute atomic E-state index is 0. The Hall–Kier alpha value is -0.525. The minimum Gasteiger partial charge on any atom is -0.483 e. The summed E-state index contributed by atoms with van der Waals surface area (Å²) < 4.78 is 0. The van der Waals surface area contributed by atoms with Gasteiger partial charge in [-0.1, -0.05) is 0 Å². The zero-order chi connectivity index (χ0) is 8.12. The van der Waals surface area contributed by atoms with E-state index in [1.54, 1.807) is 0 Å². The Morgan fingerprint density at radius 3 is 0.636 bits per heavy atom. The Morgan fingerprint density at radius 2 is 0.636 bits per heavy atom. The van der Waals surface area contributed by atoms with Gasteiger partial charge in [-0.25, -0.2) is 0 Å². The summed E-state index contributed by atoms with van der Waals surface area (Å²) in [6, 6.07) is 0. The molecule has 0 aliphatic rings. The molecule has 0 bridgehead atoms. The van der Waals surface area contributed by atoms with Crippen molar-refractivity contribution in [1.82, 2.24) is 0 Å². The normalized spacial score (nSPS) is 3.27. The fourth-order valence-corrected chi connectivity index (χ4v) is 0. The second-order valence-electron chi connectivity index (χ2n) is 0.316. The third kappa shape index (κ3) is 1920. The molecule has 0 aliphatic heterocycles. The largest absolute Gasteiger partial charge is 3.00 e. The molecule has 0 spiro atoms. The number of hydrogen-bond donors (Lipinski definition) is 3. The van der Waals surface area contributed by atoms with Gasteiger partial charge in [0.05, 0.1) is 0 Å². The number of hydrogen-bond acceptors (Lipinski definition) is 3. The van der Waals surface area contributed by atoms with Crippen LogP contribution in [-0.2, 0) is 14.4 Å². The SMILES string of the molecule is O=CO.O=CO.O=CO.[Al+3].[Al+3]. The van der Waals surface area contributed by atoms with Crippen LogP contribution in [0.3, 0.4) is 0 Å². The standard InChI is InChI=1S/3CH2O2.2Al/c3*2-1-3;;/h3*1H,(H,2,3);;/q;;;2*+3. The maximum absolute atomic E-state index is 8.36. The predicted molar refractivity (Wildman–Crippen MR) is 37.6 cm³/mol. The summed E-state index contributed by atoms with van der Waals surface area (Å²) in [4.78, 5) is 25.1. The Bertz CT molecular complexity index is 52.6. The molecule has 0 fully saturated rings. The topological polar surface area (TPSA) is 112 Å². The van der Waals surface area contributed by atoms with E-state index in [1.807, 2.05) is 0 Å². The van der Waals surface area contributed by atoms with E-state index in [9.17, 15) is 0 Å². The third-order valence-corrected chi connectivity index (χ3v) is 0. The van der Waals surface area contributed by atoms with E-state index in [4.69, 9.17) is 29.7 Å². The molecule has 0 heterocycles. The molecule has 6 nitrogen and oxygen atoms in total. The summed E-state index contributed by atoms with van der Waals surface area (Å²) in [5.74, 6) is 0. The van der Waals surface area contributed by atoms with Crippen molar-refractivity contribution in [2.75, 3.05) is 0 Å². The molecule has 54 valence electrons. The molecule has 3 N–H and O–H groups in total. The van der Waals surface area contributed by atoms with Crippen molar-refractivity contribution < 1.29 is 29.7 Å². The van der Waals surface area contributed by atoms with E-state index >= 15 is 0 Å². The average Bonchev–Trinajstić information content (AvgIpc) is 1.70. The first-order valence-electron chi connectivity index (χ1n) is 1.48. The van der Waals surface area contributed by atoms with Crippen molar-refractivity contribution in [3.05, 3.63) is 0 Å². The van der Waals surface area contributed by atoms with E-state index in [0.717, 1.165) is 0 Å². The van der Waals surface area contributed by atoms with Crippen molar-refractivity contribution in [2.24, 2.45) is 0 Å². The molecule has 0 atom stereocenters. The number of carbonyl (C=O) groups is 3. The van der Waals surface area contributed by atoms with Crippen LogP contribution in [0.2, 0.25) is 0 Å². The molecule has 0 rings (SSSR count). The summed E-state index contributed by atoms with van der Waals surface area (Å²) >= 11 is 0. The van der Waals surface area contributed by atoms with Gasteiger partial charge in [0.1, 0.15) is 0 Å². The summed E-state index contributed by atoms with van der Waals surface area (Å²) in [6.45, 7) is -0.750. The van der Waals surface area contributed by atoms with Crippen molar-refractivity contribution >= 4 is 54.1 Å². The molecule has 8 heteroatoms. The summed E-state index contributed by atoms with van der Waals surface area (Å²) in [7, 11) is 0. The molecule has 0 aromatic rings. The van der Waals surface area contributed by atoms with Crippen LogP contribution >= 0.6 is 0 Å². The van der Waals surface area contributed by atoms with Gasteiger partial charge < -0.3 is 15.3 Å². The van der Waals surface area contributed by atoms with Gasteiger partial charge in [0.25, 0.3) is 19.4 Å². The summed E-state index contributed by atoms with van der Waals surface area (Å²) in [6.07, 6.45) is 0. The average molecular weight is 192 g/mol. The van der Waals surface area contributed by atoms with Crippen LogP contribution < -0.4 is 0 Å². The molecule has 0 radical (unpaired) electrons. The molecular formula is C3H6Al2O6+6. The van der Waals surface area contributed by atoms with E-state index in [1.165, 1.54) is 0 Å². The Balaban J connectivity index is -0.0000000150. The van der Waals surface area contributed by atoms with Crippen LogP contribution in [0.5, 0.6) is 0 Å². The van der Waals surface area contributed by atoms with Crippen LogP contribution in [-0.4, -0.2) is 69.5 Å². The monoisotopic (exact) mass is 192 g/mol. The zero-order valence-corrected chi connectivity index (χ0v) is 7.76. The smallest absolute Gasteiger partial charge is 0.483 e. The summed E-state index contributed by atoms with van der Waals surface area (Å²) in [5.41, 5.74) is 0. The molecule has 0 saturated carbocycles. The number of rotatable bonds is 0. The first-order valence-corrected chi connectivity index (χ1v) is 1.48. The van der Waals surface area contributed by atoms with Crippen molar-refractivity contribution in [2.45, 2.75) is 0 Å². The van der Waals surface area contributed by atoms with Crippen molar-refractivity contribution in [3.8, 4) is 0 Å². The van der Waals surface area contributed by atoms with E-state index in [2.05, 4.69) is 0 Å². The van der Waals surface area contributed by atoms with Crippen LogP contribution in [0, 0.1) is 0 Å². The van der Waals surface area contributed by atoms with Crippen LogP contribution in [0.1, 0.15) is 0 Å². The molecule has 0 aromatic heterocycles. The van der Waals surface area contributed by atoms with Gasteiger partial charge in [-0.05, 0) is 0 Å².